The van der Waals surface area contributed by atoms with Crippen LogP contribution in [0.15, 0.2) is 54.7 Å². The van der Waals surface area contributed by atoms with Crippen LogP contribution in [0.25, 0.3) is 22.0 Å². The molecule has 0 fully saturated rings. The van der Waals surface area contributed by atoms with Crippen molar-refractivity contribution in [2.24, 2.45) is 0 Å². The molecule has 0 radical (unpaired) electrons. The molecule has 0 aliphatic carbocycles. The van der Waals surface area contributed by atoms with Gasteiger partial charge >= 0.3 is 0 Å². The number of benzene rings is 2. The minimum Gasteiger partial charge on any atom is -0.494 e. The molecule has 4 aromatic rings. The van der Waals surface area contributed by atoms with Gasteiger partial charge in [-0.15, -0.1) is 5.10 Å². The van der Waals surface area contributed by atoms with Crippen molar-refractivity contribution in [3.63, 3.8) is 0 Å². The number of ether oxygens (including phenoxy) is 1. The fraction of sp³-hybridized carbons (Fsp3) is 0.182. The molecule has 1 atom stereocenters. The first-order valence-electron chi connectivity index (χ1n) is 9.21. The van der Waals surface area contributed by atoms with E-state index in [1.807, 2.05) is 38.1 Å². The lowest BCUT2D eigenvalue weighted by Gasteiger charge is -2.17. The van der Waals surface area contributed by atoms with Crippen molar-refractivity contribution >= 4 is 16.6 Å². The standard InChI is InChI=1S/C22H20FN5O.H3N/c1-13-4-9-19(27-26-13)14(2)25-20-12-24-28-22-18(20)10-16(11-21(22)29-3)15-5-7-17(23)8-6-15;/h4-12,14H,1-3H3,(H,25,28);1H3/t14-;/m1./s1. The number of anilines is 1. The Morgan fingerprint density at radius 3 is 2.40 bits per heavy atom. The van der Waals surface area contributed by atoms with Gasteiger partial charge in [0.1, 0.15) is 17.1 Å². The summed E-state index contributed by atoms with van der Waals surface area (Å²) in [5.74, 6) is 0.323. The van der Waals surface area contributed by atoms with Crippen LogP contribution in [0.2, 0.25) is 0 Å². The number of methoxy groups -OCH3 is 1. The molecule has 0 saturated carbocycles. The first kappa shape index (κ1) is 21.1. The molecule has 0 amide bonds. The first-order chi connectivity index (χ1) is 14.0. The molecule has 2 aromatic heterocycles. The smallest absolute Gasteiger partial charge is 0.147 e. The summed E-state index contributed by atoms with van der Waals surface area (Å²) in [4.78, 5) is 0. The molecule has 30 heavy (non-hydrogen) atoms. The molecule has 7 nitrogen and oxygen atoms in total. The fourth-order valence-electron chi connectivity index (χ4n) is 3.16. The molecule has 0 spiro atoms. The van der Waals surface area contributed by atoms with Gasteiger partial charge in [-0.25, -0.2) is 4.39 Å². The molecule has 4 rings (SSSR count). The van der Waals surface area contributed by atoms with E-state index in [2.05, 4.69) is 25.7 Å². The van der Waals surface area contributed by atoms with Crippen molar-refractivity contribution in [2.75, 3.05) is 12.4 Å². The molecule has 0 aliphatic heterocycles. The van der Waals surface area contributed by atoms with Crippen LogP contribution >= 0.6 is 0 Å². The van der Waals surface area contributed by atoms with E-state index < -0.39 is 0 Å². The van der Waals surface area contributed by atoms with Crippen molar-refractivity contribution in [1.29, 1.82) is 0 Å². The Kier molecular flexibility index (Phi) is 6.17. The number of aryl methyl sites for hydroxylation is 1. The summed E-state index contributed by atoms with van der Waals surface area (Å²) in [6.07, 6.45) is 1.67. The van der Waals surface area contributed by atoms with E-state index in [-0.39, 0.29) is 18.0 Å². The lowest BCUT2D eigenvalue weighted by molar-refractivity contribution is 0.418. The molecule has 4 N–H and O–H groups in total. The van der Waals surface area contributed by atoms with Crippen LogP contribution in [0.5, 0.6) is 5.75 Å². The molecule has 154 valence electrons. The summed E-state index contributed by atoms with van der Waals surface area (Å²) < 4.78 is 18.9. The van der Waals surface area contributed by atoms with E-state index in [0.717, 1.165) is 33.6 Å². The second kappa shape index (κ2) is 8.79. The van der Waals surface area contributed by atoms with E-state index >= 15 is 0 Å². The Balaban J connectivity index is 0.00000256. The summed E-state index contributed by atoms with van der Waals surface area (Å²) in [6.45, 7) is 3.91. The average Bonchev–Trinajstić information content (AvgIpc) is 2.74. The monoisotopic (exact) mass is 406 g/mol. The number of nitrogens with zero attached hydrogens (tertiary/aromatic N) is 4. The zero-order chi connectivity index (χ0) is 20.4. The lowest BCUT2D eigenvalue weighted by Crippen LogP contribution is -2.10. The van der Waals surface area contributed by atoms with Crippen LogP contribution in [0.3, 0.4) is 0 Å². The number of nitrogens with one attached hydrogen (secondary N) is 1. The second-order valence-electron chi connectivity index (χ2n) is 6.81. The van der Waals surface area contributed by atoms with Gasteiger partial charge in [0.2, 0.25) is 0 Å². The highest BCUT2D eigenvalue weighted by Gasteiger charge is 2.15. The van der Waals surface area contributed by atoms with E-state index in [4.69, 9.17) is 4.74 Å². The average molecular weight is 406 g/mol. The van der Waals surface area contributed by atoms with E-state index in [1.54, 1.807) is 25.4 Å². The minimum atomic E-state index is -0.275. The summed E-state index contributed by atoms with van der Waals surface area (Å²) in [5, 5.41) is 21.0. The molecule has 0 bridgehead atoms. The third-order valence-electron chi connectivity index (χ3n) is 4.74. The highest BCUT2D eigenvalue weighted by molar-refractivity contribution is 5.97. The number of rotatable bonds is 5. The van der Waals surface area contributed by atoms with Crippen molar-refractivity contribution < 1.29 is 9.13 Å². The van der Waals surface area contributed by atoms with Gasteiger partial charge in [0.05, 0.1) is 36.4 Å². The van der Waals surface area contributed by atoms with E-state index in [1.165, 1.54) is 12.1 Å². The van der Waals surface area contributed by atoms with Crippen LogP contribution in [0, 0.1) is 12.7 Å². The molecule has 2 aromatic carbocycles. The molecule has 0 unspecified atom stereocenters. The maximum absolute atomic E-state index is 13.3. The normalized spacial score (nSPS) is 11.6. The molecule has 2 heterocycles. The molecule has 0 aliphatic rings. The summed E-state index contributed by atoms with van der Waals surface area (Å²) in [6, 6.07) is 14.0. The largest absolute Gasteiger partial charge is 0.494 e. The van der Waals surface area contributed by atoms with Crippen LogP contribution < -0.4 is 16.2 Å². The number of fused-ring (bicyclic) bond motifs is 1. The zero-order valence-corrected chi connectivity index (χ0v) is 17.1. The minimum absolute atomic E-state index is 0. The third-order valence-corrected chi connectivity index (χ3v) is 4.74. The Bertz CT molecular complexity index is 1150. The van der Waals surface area contributed by atoms with Gasteiger partial charge in [-0.1, -0.05) is 12.1 Å². The molecular formula is C22H23FN6O. The molecular weight excluding hydrogens is 383 g/mol. The maximum Gasteiger partial charge on any atom is 0.147 e. The van der Waals surface area contributed by atoms with Crippen molar-refractivity contribution in [3.05, 3.63) is 71.9 Å². The van der Waals surface area contributed by atoms with Crippen LogP contribution in [0.4, 0.5) is 10.1 Å². The third kappa shape index (κ3) is 4.18. The van der Waals surface area contributed by atoms with E-state index in [9.17, 15) is 4.39 Å². The van der Waals surface area contributed by atoms with Crippen LogP contribution in [-0.2, 0) is 0 Å². The predicted octanol–water partition coefficient (Wildman–Crippen LogP) is 4.88. The second-order valence-corrected chi connectivity index (χ2v) is 6.81. The zero-order valence-electron chi connectivity index (χ0n) is 17.1. The number of halogens is 1. The topological polar surface area (TPSA) is 108 Å². The first-order valence-corrected chi connectivity index (χ1v) is 9.21. The SMILES string of the molecule is COc1cc(-c2ccc(F)cc2)cc2c(N[C@H](C)c3ccc(C)nn3)cnnc12.N. The van der Waals surface area contributed by atoms with Crippen LogP contribution in [0.1, 0.15) is 24.4 Å². The highest BCUT2D eigenvalue weighted by Crippen LogP contribution is 2.35. The van der Waals surface area contributed by atoms with Gasteiger partial charge in [0.15, 0.2) is 0 Å². The fourth-order valence-corrected chi connectivity index (χ4v) is 3.16. The van der Waals surface area contributed by atoms with Gasteiger partial charge in [-0.05, 0) is 61.4 Å². The summed E-state index contributed by atoms with van der Waals surface area (Å²) in [7, 11) is 1.59. The Morgan fingerprint density at radius 1 is 0.967 bits per heavy atom. The Labute approximate surface area is 173 Å². The van der Waals surface area contributed by atoms with Crippen LogP contribution in [-0.4, -0.2) is 27.5 Å². The number of aromatic nitrogens is 4. The van der Waals surface area contributed by atoms with Gasteiger partial charge < -0.3 is 16.2 Å². The Morgan fingerprint density at radius 2 is 1.73 bits per heavy atom. The molecule has 8 heteroatoms. The quantitative estimate of drug-likeness (QED) is 0.486. The Hall–Kier alpha value is -3.65. The van der Waals surface area contributed by atoms with Gasteiger partial charge in [0.25, 0.3) is 0 Å². The maximum atomic E-state index is 13.3. The van der Waals surface area contributed by atoms with E-state index in [0.29, 0.717) is 11.3 Å². The predicted molar refractivity (Wildman–Crippen MR) is 115 cm³/mol. The number of hydrogen-bond donors (Lipinski definition) is 2. The highest BCUT2D eigenvalue weighted by atomic mass is 19.1. The van der Waals surface area contributed by atoms with Crippen molar-refractivity contribution in [1.82, 2.24) is 26.5 Å². The van der Waals surface area contributed by atoms with Gasteiger partial charge in [-0.2, -0.15) is 15.3 Å². The lowest BCUT2D eigenvalue weighted by atomic mass is 10.0. The van der Waals surface area contributed by atoms with Gasteiger partial charge in [-0.3, -0.25) is 0 Å². The molecule has 0 saturated heterocycles. The van der Waals surface area contributed by atoms with Crippen molar-refractivity contribution in [2.45, 2.75) is 19.9 Å². The van der Waals surface area contributed by atoms with Gasteiger partial charge in [0, 0.05) is 5.39 Å². The summed E-state index contributed by atoms with van der Waals surface area (Å²) >= 11 is 0. The summed E-state index contributed by atoms with van der Waals surface area (Å²) in [5.41, 5.74) is 4.91. The van der Waals surface area contributed by atoms with Crippen molar-refractivity contribution in [3.8, 4) is 16.9 Å². The number of hydrogen-bond acceptors (Lipinski definition) is 7.